The summed E-state index contributed by atoms with van der Waals surface area (Å²) in [5.41, 5.74) is 0.612. The van der Waals surface area contributed by atoms with Gasteiger partial charge in [-0.25, -0.2) is 0 Å². The van der Waals surface area contributed by atoms with Crippen molar-refractivity contribution in [2.45, 2.75) is 12.2 Å². The number of rotatable bonds is 6. The molecule has 0 heterocycles. The zero-order valence-electron chi connectivity index (χ0n) is 9.51. The molecule has 4 heteroatoms. The lowest BCUT2D eigenvalue weighted by atomic mass is 10.1. The highest BCUT2D eigenvalue weighted by Crippen LogP contribution is 2.08. The topological polar surface area (TPSA) is 43.4 Å². The van der Waals surface area contributed by atoms with Gasteiger partial charge in [0.15, 0.2) is 5.78 Å². The molecular weight excluding hydrogens is 224 g/mol. The second kappa shape index (κ2) is 6.55. The molecule has 88 valence electrons. The average molecular weight is 240 g/mol. The van der Waals surface area contributed by atoms with Crippen LogP contribution in [0.25, 0.3) is 0 Å². The van der Waals surface area contributed by atoms with Gasteiger partial charge in [-0.3, -0.25) is 9.00 Å². The second-order valence-corrected chi connectivity index (χ2v) is 5.33. The van der Waals surface area contributed by atoms with Gasteiger partial charge in [0.05, 0.1) is 11.9 Å². The van der Waals surface area contributed by atoms with E-state index in [0.717, 1.165) is 0 Å². The quantitative estimate of drug-likeness (QED) is 0.710. The minimum Gasteiger partial charge on any atom is -0.384 e. The number of ether oxygens (including phenoxy) is 1. The Morgan fingerprint density at radius 3 is 2.56 bits per heavy atom. The molecular formula is C12H16O3S. The first kappa shape index (κ1) is 13.1. The monoisotopic (exact) mass is 240 g/mol. The second-order valence-electron chi connectivity index (χ2n) is 3.45. The van der Waals surface area contributed by atoms with Crippen molar-refractivity contribution in [3.63, 3.8) is 0 Å². The van der Waals surface area contributed by atoms with Crippen molar-refractivity contribution in [1.29, 1.82) is 0 Å². The third-order valence-corrected chi connectivity index (χ3v) is 3.88. The molecule has 2 atom stereocenters. The summed E-state index contributed by atoms with van der Waals surface area (Å²) in [6, 6.07) is 8.94. The highest BCUT2D eigenvalue weighted by atomic mass is 32.2. The molecule has 1 aromatic rings. The molecule has 0 spiro atoms. The Labute approximate surface area is 98.3 Å². The number of benzene rings is 1. The van der Waals surface area contributed by atoms with Crippen LogP contribution in [0, 0.1) is 0 Å². The normalized spacial score (nSPS) is 14.4. The summed E-state index contributed by atoms with van der Waals surface area (Å²) >= 11 is 0. The van der Waals surface area contributed by atoms with E-state index in [2.05, 4.69) is 0 Å². The molecule has 0 aromatic heterocycles. The van der Waals surface area contributed by atoms with Gasteiger partial charge in [0.2, 0.25) is 0 Å². The molecule has 1 rings (SSSR count). The highest BCUT2D eigenvalue weighted by molar-refractivity contribution is 7.86. The number of Topliss-reactive ketones (excluding diaryl/α,β-unsaturated/α-hetero) is 1. The summed E-state index contributed by atoms with van der Waals surface area (Å²) in [5.74, 6) is 0.325. The highest BCUT2D eigenvalue weighted by Gasteiger charge is 2.20. The van der Waals surface area contributed by atoms with E-state index in [1.54, 1.807) is 38.3 Å². The number of carbonyl (C=O) groups excluding carboxylic acids is 1. The van der Waals surface area contributed by atoms with E-state index in [0.29, 0.717) is 17.9 Å². The Morgan fingerprint density at radius 1 is 1.38 bits per heavy atom. The van der Waals surface area contributed by atoms with E-state index in [-0.39, 0.29) is 5.78 Å². The van der Waals surface area contributed by atoms with Gasteiger partial charge < -0.3 is 4.74 Å². The summed E-state index contributed by atoms with van der Waals surface area (Å²) in [7, 11) is 0.387. The fourth-order valence-corrected chi connectivity index (χ4v) is 2.36. The van der Waals surface area contributed by atoms with Crippen molar-refractivity contribution in [2.24, 2.45) is 0 Å². The average Bonchev–Trinajstić information content (AvgIpc) is 2.35. The summed E-state index contributed by atoms with van der Waals surface area (Å²) in [4.78, 5) is 11.9. The third-order valence-electron chi connectivity index (χ3n) is 2.31. The SMILES string of the molecule is COCCS(=O)C(C)C(=O)c1ccccc1. The van der Waals surface area contributed by atoms with Crippen molar-refractivity contribution < 1.29 is 13.7 Å². The van der Waals surface area contributed by atoms with Crippen molar-refractivity contribution in [3.8, 4) is 0 Å². The molecule has 0 radical (unpaired) electrons. The molecule has 0 aliphatic rings. The third kappa shape index (κ3) is 3.54. The fourth-order valence-electron chi connectivity index (χ4n) is 1.30. The number of hydrogen-bond acceptors (Lipinski definition) is 3. The van der Waals surface area contributed by atoms with E-state index in [9.17, 15) is 9.00 Å². The maximum Gasteiger partial charge on any atom is 0.178 e. The molecule has 2 unspecified atom stereocenters. The molecule has 0 N–H and O–H groups in total. The molecule has 0 saturated heterocycles. The Balaban J connectivity index is 2.64. The molecule has 0 saturated carbocycles. The van der Waals surface area contributed by atoms with Gasteiger partial charge in [0.25, 0.3) is 0 Å². The van der Waals surface area contributed by atoms with Crippen LogP contribution in [0.2, 0.25) is 0 Å². The van der Waals surface area contributed by atoms with Crippen LogP contribution in [-0.4, -0.2) is 34.7 Å². The first-order valence-corrected chi connectivity index (χ1v) is 6.50. The van der Waals surface area contributed by atoms with Crippen LogP contribution in [0.15, 0.2) is 30.3 Å². The first-order valence-electron chi connectivity index (χ1n) is 5.12. The predicted molar refractivity (Wildman–Crippen MR) is 65.1 cm³/mol. The van der Waals surface area contributed by atoms with Gasteiger partial charge in [0.1, 0.15) is 0 Å². The van der Waals surface area contributed by atoms with Gasteiger partial charge in [0, 0.05) is 29.2 Å². The van der Waals surface area contributed by atoms with Gasteiger partial charge in [-0.05, 0) is 6.92 Å². The Hall–Kier alpha value is -1.00. The molecule has 0 bridgehead atoms. The van der Waals surface area contributed by atoms with E-state index in [4.69, 9.17) is 4.74 Å². The minimum absolute atomic E-state index is 0.0740. The zero-order chi connectivity index (χ0) is 12.0. The van der Waals surface area contributed by atoms with Crippen LogP contribution in [0.3, 0.4) is 0 Å². The van der Waals surface area contributed by atoms with E-state index < -0.39 is 16.0 Å². The number of carbonyl (C=O) groups is 1. The smallest absolute Gasteiger partial charge is 0.178 e. The van der Waals surface area contributed by atoms with Gasteiger partial charge >= 0.3 is 0 Å². The zero-order valence-corrected chi connectivity index (χ0v) is 10.3. The van der Waals surface area contributed by atoms with Crippen molar-refractivity contribution in [1.82, 2.24) is 0 Å². The minimum atomic E-state index is -1.17. The van der Waals surface area contributed by atoms with E-state index in [1.165, 1.54) is 0 Å². The molecule has 1 aromatic carbocycles. The molecule has 0 aliphatic heterocycles. The van der Waals surface area contributed by atoms with Gasteiger partial charge in [-0.2, -0.15) is 0 Å². The van der Waals surface area contributed by atoms with Crippen molar-refractivity contribution in [3.05, 3.63) is 35.9 Å². The summed E-state index contributed by atoms with van der Waals surface area (Å²) < 4.78 is 16.6. The van der Waals surface area contributed by atoms with Crippen molar-refractivity contribution >= 4 is 16.6 Å². The largest absolute Gasteiger partial charge is 0.384 e. The number of ketones is 1. The maximum absolute atomic E-state index is 11.9. The lowest BCUT2D eigenvalue weighted by Crippen LogP contribution is -2.25. The molecule has 3 nitrogen and oxygen atoms in total. The van der Waals surface area contributed by atoms with Crippen LogP contribution < -0.4 is 0 Å². The van der Waals surface area contributed by atoms with Crippen molar-refractivity contribution in [2.75, 3.05) is 19.5 Å². The molecule has 0 aliphatic carbocycles. The maximum atomic E-state index is 11.9. The molecule has 0 amide bonds. The van der Waals surface area contributed by atoms with Crippen LogP contribution in [0.4, 0.5) is 0 Å². The van der Waals surface area contributed by atoms with E-state index >= 15 is 0 Å². The van der Waals surface area contributed by atoms with Crippen LogP contribution in [0.5, 0.6) is 0 Å². The molecule has 0 fully saturated rings. The summed E-state index contributed by atoms with van der Waals surface area (Å²) in [5, 5.41) is -0.474. The lowest BCUT2D eigenvalue weighted by Gasteiger charge is -2.09. The Bertz CT molecular complexity index is 362. The molecule has 16 heavy (non-hydrogen) atoms. The summed E-state index contributed by atoms with van der Waals surface area (Å²) in [6.45, 7) is 2.11. The van der Waals surface area contributed by atoms with E-state index in [1.807, 2.05) is 6.07 Å². The standard InChI is InChI=1S/C12H16O3S/c1-10(16(14)9-8-15-2)12(13)11-6-4-3-5-7-11/h3-7,10H,8-9H2,1-2H3. The lowest BCUT2D eigenvalue weighted by molar-refractivity contribution is 0.0992. The summed E-state index contributed by atoms with van der Waals surface area (Å²) in [6.07, 6.45) is 0. The van der Waals surface area contributed by atoms with Crippen LogP contribution >= 0.6 is 0 Å². The Morgan fingerprint density at radius 2 is 2.00 bits per heavy atom. The fraction of sp³-hybridized carbons (Fsp3) is 0.417. The first-order chi connectivity index (χ1) is 7.66. The predicted octanol–water partition coefficient (Wildman–Crippen LogP) is 1.65. The number of methoxy groups -OCH3 is 1. The van der Waals surface area contributed by atoms with Crippen LogP contribution in [0.1, 0.15) is 17.3 Å². The van der Waals surface area contributed by atoms with Gasteiger partial charge in [-0.15, -0.1) is 0 Å². The number of hydrogen-bond donors (Lipinski definition) is 0. The van der Waals surface area contributed by atoms with Gasteiger partial charge in [-0.1, -0.05) is 30.3 Å². The Kier molecular flexibility index (Phi) is 5.35. The van der Waals surface area contributed by atoms with Crippen LogP contribution in [-0.2, 0) is 15.5 Å².